The molecule has 1 aliphatic heterocycles. The molecule has 41 heavy (non-hydrogen) atoms. The van der Waals surface area contributed by atoms with Gasteiger partial charge in [0.25, 0.3) is 0 Å². The third-order valence-electron chi connectivity index (χ3n) is 7.87. The molecule has 0 spiro atoms. The van der Waals surface area contributed by atoms with Crippen molar-refractivity contribution in [2.45, 2.75) is 83.8 Å². The Labute approximate surface area is 242 Å². The number of fused-ring (bicyclic) bond motifs is 2. The van der Waals surface area contributed by atoms with Gasteiger partial charge in [-0.2, -0.15) is 0 Å². The zero-order valence-corrected chi connectivity index (χ0v) is 24.2. The number of carboxylic acid groups (broad SMARTS) is 1. The zero-order chi connectivity index (χ0) is 29.0. The lowest BCUT2D eigenvalue weighted by Gasteiger charge is -2.41. The number of benzene rings is 2. The molecule has 0 saturated heterocycles. The predicted molar refractivity (Wildman–Crippen MR) is 157 cm³/mol. The molecule has 0 bridgehead atoms. The van der Waals surface area contributed by atoms with Crippen LogP contribution in [0.3, 0.4) is 0 Å². The van der Waals surface area contributed by atoms with Crippen LogP contribution in [-0.2, 0) is 37.2 Å². The fourth-order valence-corrected chi connectivity index (χ4v) is 6.05. The van der Waals surface area contributed by atoms with Gasteiger partial charge in [0.2, 0.25) is 0 Å². The van der Waals surface area contributed by atoms with E-state index in [-0.39, 0.29) is 12.1 Å². The van der Waals surface area contributed by atoms with Crippen LogP contribution in [0.4, 0.5) is 9.59 Å². The average Bonchev–Trinajstić information content (AvgIpc) is 2.94. The topological polar surface area (TPSA) is 95.0 Å². The van der Waals surface area contributed by atoms with E-state index < -0.39 is 17.8 Å². The average molecular weight is 557 g/mol. The van der Waals surface area contributed by atoms with Gasteiger partial charge in [-0.3, -0.25) is 14.8 Å². The predicted octanol–water partition coefficient (Wildman–Crippen LogP) is 6.09. The Morgan fingerprint density at radius 2 is 1.80 bits per heavy atom. The molecule has 0 fully saturated rings. The summed E-state index contributed by atoms with van der Waals surface area (Å²) in [5.41, 5.74) is 6.19. The first-order valence-electron chi connectivity index (χ1n) is 14.4. The minimum atomic E-state index is -0.887. The van der Waals surface area contributed by atoms with Gasteiger partial charge in [0.15, 0.2) is 0 Å². The van der Waals surface area contributed by atoms with Crippen molar-refractivity contribution >= 4 is 12.2 Å². The van der Waals surface area contributed by atoms with Crippen molar-refractivity contribution in [3.8, 4) is 0 Å². The van der Waals surface area contributed by atoms with Gasteiger partial charge in [-0.05, 0) is 80.3 Å². The molecular formula is C33H40N4O4. The van der Waals surface area contributed by atoms with Crippen molar-refractivity contribution in [2.75, 3.05) is 6.54 Å². The summed E-state index contributed by atoms with van der Waals surface area (Å²) < 4.78 is 5.39. The summed E-state index contributed by atoms with van der Waals surface area (Å²) in [5, 5.41) is 13.0. The lowest BCUT2D eigenvalue weighted by Crippen LogP contribution is -2.50. The summed E-state index contributed by atoms with van der Waals surface area (Å²) in [5.74, 6) is 0. The Bertz CT molecular complexity index is 1390. The second kappa shape index (κ2) is 12.3. The molecule has 2 aromatic carbocycles. The van der Waals surface area contributed by atoms with Crippen LogP contribution in [0.15, 0.2) is 66.9 Å². The molecule has 2 aliphatic rings. The van der Waals surface area contributed by atoms with E-state index in [1.807, 2.05) is 63.4 Å². The van der Waals surface area contributed by atoms with E-state index in [4.69, 9.17) is 9.72 Å². The quantitative estimate of drug-likeness (QED) is 0.366. The van der Waals surface area contributed by atoms with E-state index >= 15 is 0 Å². The van der Waals surface area contributed by atoms with E-state index in [9.17, 15) is 14.7 Å². The molecule has 8 heteroatoms. The van der Waals surface area contributed by atoms with Gasteiger partial charge < -0.3 is 15.2 Å². The van der Waals surface area contributed by atoms with Crippen LogP contribution in [0.1, 0.15) is 73.2 Å². The van der Waals surface area contributed by atoms with Crippen molar-refractivity contribution in [3.05, 3.63) is 100 Å². The van der Waals surface area contributed by atoms with Crippen LogP contribution in [-0.4, -0.2) is 50.3 Å². The molecule has 3 aromatic rings. The van der Waals surface area contributed by atoms with Gasteiger partial charge in [0, 0.05) is 32.4 Å². The summed E-state index contributed by atoms with van der Waals surface area (Å²) >= 11 is 0. The number of nitrogens with zero attached hydrogens (tertiary/aromatic N) is 3. The molecule has 8 nitrogen and oxygen atoms in total. The minimum Gasteiger partial charge on any atom is -0.465 e. The Morgan fingerprint density at radius 3 is 2.59 bits per heavy atom. The summed E-state index contributed by atoms with van der Waals surface area (Å²) in [7, 11) is 0. The van der Waals surface area contributed by atoms with Crippen LogP contribution >= 0.6 is 0 Å². The van der Waals surface area contributed by atoms with Crippen molar-refractivity contribution in [2.24, 2.45) is 0 Å². The van der Waals surface area contributed by atoms with Crippen molar-refractivity contribution in [1.82, 2.24) is 20.1 Å². The number of rotatable bonds is 7. The largest absolute Gasteiger partial charge is 0.465 e. The number of carbonyl (C=O) groups excluding carboxylic acids is 1. The monoisotopic (exact) mass is 556 g/mol. The number of carbonyl (C=O) groups is 2. The number of nitrogens with one attached hydrogen (secondary N) is 1. The molecule has 2 atom stereocenters. The molecule has 0 saturated carbocycles. The molecule has 1 aromatic heterocycles. The Morgan fingerprint density at radius 1 is 1.05 bits per heavy atom. The highest BCUT2D eigenvalue weighted by atomic mass is 16.6. The first-order valence-corrected chi connectivity index (χ1v) is 14.4. The smallest absolute Gasteiger partial charge is 0.407 e. The highest BCUT2D eigenvalue weighted by molar-refractivity contribution is 5.67. The number of ether oxygens (including phenoxy) is 1. The number of pyridine rings is 1. The van der Waals surface area contributed by atoms with Crippen LogP contribution in [0.25, 0.3) is 0 Å². The summed E-state index contributed by atoms with van der Waals surface area (Å²) in [6, 6.07) is 20.4. The number of hydrogen-bond acceptors (Lipinski definition) is 5. The van der Waals surface area contributed by atoms with Crippen LogP contribution in [0.5, 0.6) is 0 Å². The first kappa shape index (κ1) is 28.6. The van der Waals surface area contributed by atoms with E-state index in [2.05, 4.69) is 34.5 Å². The first-order chi connectivity index (χ1) is 19.7. The SMILES string of the molecule is CC(C)(C)OC(=O)NCc1cccc(CN(CC2Cc3ccccc3CN2C(=O)O)C2CCCc3cccnc32)c1. The van der Waals surface area contributed by atoms with Gasteiger partial charge in [-0.25, -0.2) is 9.59 Å². The van der Waals surface area contributed by atoms with E-state index in [0.29, 0.717) is 32.6 Å². The Kier molecular flexibility index (Phi) is 8.59. The summed E-state index contributed by atoms with van der Waals surface area (Å²) in [4.78, 5) is 33.4. The number of aromatic nitrogens is 1. The molecule has 5 rings (SSSR count). The van der Waals surface area contributed by atoms with Crippen LogP contribution < -0.4 is 5.32 Å². The molecular weight excluding hydrogens is 516 g/mol. The molecule has 2 N–H and O–H groups in total. The number of alkyl carbamates (subject to hydrolysis) is 1. The lowest BCUT2D eigenvalue weighted by atomic mass is 9.89. The second-order valence-electron chi connectivity index (χ2n) is 12.1. The van der Waals surface area contributed by atoms with E-state index in [1.54, 1.807) is 4.90 Å². The van der Waals surface area contributed by atoms with Gasteiger partial charge in [-0.15, -0.1) is 0 Å². The fraction of sp³-hybridized carbons (Fsp3) is 0.424. The summed E-state index contributed by atoms with van der Waals surface area (Å²) in [6.45, 7) is 7.54. The minimum absolute atomic E-state index is 0.0938. The molecule has 1 aliphatic carbocycles. The second-order valence-corrected chi connectivity index (χ2v) is 12.1. The normalized spacial score (nSPS) is 18.4. The maximum atomic E-state index is 12.4. The third kappa shape index (κ3) is 7.24. The molecule has 216 valence electrons. The van der Waals surface area contributed by atoms with Crippen LogP contribution in [0.2, 0.25) is 0 Å². The highest BCUT2D eigenvalue weighted by Crippen LogP contribution is 2.35. The van der Waals surface area contributed by atoms with E-state index in [1.165, 1.54) is 11.1 Å². The standard InChI is InChI=1S/C33H40N4O4/c1-33(2,3)41-31(38)35-19-23-9-6-10-24(17-23)20-36(29-15-7-13-25-14-8-16-34-30(25)29)22-28-18-26-11-4-5-12-27(26)21-37(28)32(39)40/h4-6,8-12,14,16-17,28-29H,7,13,15,18-22H2,1-3H3,(H,35,38)(H,39,40). The molecule has 2 amide bonds. The van der Waals surface area contributed by atoms with Gasteiger partial charge in [-0.1, -0.05) is 54.6 Å². The summed E-state index contributed by atoms with van der Waals surface area (Å²) in [6.07, 6.45) is 4.26. The molecule has 2 heterocycles. The van der Waals surface area contributed by atoms with Crippen molar-refractivity contribution in [3.63, 3.8) is 0 Å². The number of aryl methyl sites for hydroxylation is 1. The molecule has 2 unspecified atom stereocenters. The fourth-order valence-electron chi connectivity index (χ4n) is 6.05. The van der Waals surface area contributed by atoms with Crippen molar-refractivity contribution < 1.29 is 19.4 Å². The van der Waals surface area contributed by atoms with Gasteiger partial charge in [0.1, 0.15) is 5.60 Å². The lowest BCUT2D eigenvalue weighted by molar-refractivity contribution is 0.0523. The maximum Gasteiger partial charge on any atom is 0.407 e. The molecule has 0 radical (unpaired) electrons. The van der Waals surface area contributed by atoms with Crippen molar-refractivity contribution in [1.29, 1.82) is 0 Å². The van der Waals surface area contributed by atoms with Gasteiger partial charge >= 0.3 is 12.2 Å². The highest BCUT2D eigenvalue weighted by Gasteiger charge is 2.34. The Balaban J connectivity index is 1.40. The number of hydrogen-bond donors (Lipinski definition) is 2. The van der Waals surface area contributed by atoms with Crippen LogP contribution in [0, 0.1) is 0 Å². The van der Waals surface area contributed by atoms with E-state index in [0.717, 1.165) is 41.6 Å². The van der Waals surface area contributed by atoms with Gasteiger partial charge in [0.05, 0.1) is 17.8 Å². The Hall–Kier alpha value is -3.91. The third-order valence-corrected chi connectivity index (χ3v) is 7.87. The maximum absolute atomic E-state index is 12.4. The number of amides is 2. The zero-order valence-electron chi connectivity index (χ0n) is 24.2.